The molecule has 0 aliphatic carbocycles. The van der Waals surface area contributed by atoms with E-state index >= 15 is 0 Å². The van der Waals surface area contributed by atoms with Gasteiger partial charge in [0.05, 0.1) is 14.2 Å². The summed E-state index contributed by atoms with van der Waals surface area (Å²) in [4.78, 5) is 25.3. The number of hydrogen-bond acceptors (Lipinski definition) is 4. The maximum Gasteiger partial charge on any atom is 0.252 e. The van der Waals surface area contributed by atoms with Crippen LogP contribution in [-0.2, 0) is 4.79 Å². The number of carbonyl (C=O) groups excluding carboxylic acids is 2. The summed E-state index contributed by atoms with van der Waals surface area (Å²) < 4.78 is 10.4. The Labute approximate surface area is 153 Å². The number of amides is 2. The Morgan fingerprint density at radius 1 is 0.885 bits per heavy atom. The second-order valence-corrected chi connectivity index (χ2v) is 6.05. The average molecular weight is 356 g/mol. The maximum atomic E-state index is 12.7. The van der Waals surface area contributed by atoms with Gasteiger partial charge in [-0.1, -0.05) is 30.3 Å². The summed E-state index contributed by atoms with van der Waals surface area (Å²) in [7, 11) is 3.03. The third kappa shape index (κ3) is 4.75. The van der Waals surface area contributed by atoms with Crippen LogP contribution < -0.4 is 20.1 Å². The molecule has 2 aromatic carbocycles. The molecule has 0 aromatic heterocycles. The molecule has 0 radical (unpaired) electrons. The topological polar surface area (TPSA) is 76.7 Å². The highest BCUT2D eigenvalue weighted by Crippen LogP contribution is 2.27. The van der Waals surface area contributed by atoms with Crippen LogP contribution in [0.4, 0.5) is 0 Å². The molecule has 2 amide bonds. The molecule has 0 bridgehead atoms. The van der Waals surface area contributed by atoms with E-state index in [0.717, 1.165) is 0 Å². The van der Waals surface area contributed by atoms with Crippen molar-refractivity contribution in [2.75, 3.05) is 14.2 Å². The highest BCUT2D eigenvalue weighted by atomic mass is 16.5. The van der Waals surface area contributed by atoms with Crippen LogP contribution >= 0.6 is 0 Å². The van der Waals surface area contributed by atoms with Crippen LogP contribution in [0.15, 0.2) is 48.5 Å². The van der Waals surface area contributed by atoms with Gasteiger partial charge in [-0.15, -0.1) is 0 Å². The fourth-order valence-electron chi connectivity index (χ4n) is 2.51. The van der Waals surface area contributed by atoms with Crippen molar-refractivity contribution < 1.29 is 19.1 Å². The largest absolute Gasteiger partial charge is 0.493 e. The average Bonchev–Trinajstić information content (AvgIpc) is 2.65. The number of methoxy groups -OCH3 is 2. The van der Waals surface area contributed by atoms with Crippen molar-refractivity contribution >= 4 is 11.8 Å². The van der Waals surface area contributed by atoms with Gasteiger partial charge in [0.1, 0.15) is 6.04 Å². The lowest BCUT2D eigenvalue weighted by Crippen LogP contribution is -2.42. The Morgan fingerprint density at radius 3 is 2.12 bits per heavy atom. The molecule has 0 spiro atoms. The van der Waals surface area contributed by atoms with Crippen molar-refractivity contribution in [1.82, 2.24) is 10.6 Å². The fourth-order valence-corrected chi connectivity index (χ4v) is 2.51. The Morgan fingerprint density at radius 2 is 1.54 bits per heavy atom. The summed E-state index contributed by atoms with van der Waals surface area (Å²) in [6.07, 6.45) is 0. The summed E-state index contributed by atoms with van der Waals surface area (Å²) in [5.41, 5.74) is 1.08. The summed E-state index contributed by atoms with van der Waals surface area (Å²) in [6, 6.07) is 13.2. The summed E-state index contributed by atoms with van der Waals surface area (Å²) in [6.45, 7) is 3.74. The minimum atomic E-state index is -0.792. The molecule has 0 saturated carbocycles. The lowest BCUT2D eigenvalue weighted by atomic mass is 10.0. The fraction of sp³-hybridized carbons (Fsp3) is 0.300. The predicted octanol–water partition coefficient (Wildman–Crippen LogP) is 2.70. The first-order chi connectivity index (χ1) is 12.5. The molecule has 0 fully saturated rings. The number of hydrogen-bond donors (Lipinski definition) is 2. The van der Waals surface area contributed by atoms with Gasteiger partial charge in [-0.3, -0.25) is 9.59 Å². The van der Waals surface area contributed by atoms with Crippen LogP contribution in [-0.4, -0.2) is 32.1 Å². The second kappa shape index (κ2) is 8.89. The van der Waals surface area contributed by atoms with Gasteiger partial charge in [-0.25, -0.2) is 0 Å². The minimum absolute atomic E-state index is 0.0355. The van der Waals surface area contributed by atoms with Crippen LogP contribution in [0, 0.1) is 0 Å². The molecular formula is C20H24N2O4. The first-order valence-corrected chi connectivity index (χ1v) is 8.34. The maximum absolute atomic E-state index is 12.7. The van der Waals surface area contributed by atoms with Crippen molar-refractivity contribution in [2.45, 2.75) is 25.9 Å². The normalized spacial score (nSPS) is 11.6. The first-order valence-electron chi connectivity index (χ1n) is 8.34. The van der Waals surface area contributed by atoms with Gasteiger partial charge in [0.15, 0.2) is 11.5 Å². The second-order valence-electron chi connectivity index (χ2n) is 6.05. The van der Waals surface area contributed by atoms with Gasteiger partial charge in [-0.05, 0) is 37.6 Å². The molecule has 6 nitrogen and oxygen atoms in total. The summed E-state index contributed by atoms with van der Waals surface area (Å²) in [5, 5.41) is 5.64. The zero-order chi connectivity index (χ0) is 19.1. The van der Waals surface area contributed by atoms with Crippen molar-refractivity contribution in [1.29, 1.82) is 0 Å². The van der Waals surface area contributed by atoms with E-state index in [1.54, 1.807) is 30.3 Å². The smallest absolute Gasteiger partial charge is 0.252 e. The van der Waals surface area contributed by atoms with Gasteiger partial charge < -0.3 is 20.1 Å². The summed E-state index contributed by atoms with van der Waals surface area (Å²) in [5.74, 6) is 0.336. The van der Waals surface area contributed by atoms with E-state index in [2.05, 4.69) is 10.6 Å². The van der Waals surface area contributed by atoms with Gasteiger partial charge in [-0.2, -0.15) is 0 Å². The van der Waals surface area contributed by atoms with Crippen LogP contribution in [0.5, 0.6) is 11.5 Å². The molecule has 0 heterocycles. The van der Waals surface area contributed by atoms with Crippen LogP contribution in [0.1, 0.15) is 35.8 Å². The van der Waals surface area contributed by atoms with Crippen LogP contribution in [0.3, 0.4) is 0 Å². The molecule has 0 aliphatic heterocycles. The lowest BCUT2D eigenvalue weighted by molar-refractivity contribution is -0.123. The summed E-state index contributed by atoms with van der Waals surface area (Å²) >= 11 is 0. The molecule has 1 atom stereocenters. The molecule has 2 rings (SSSR count). The molecule has 2 N–H and O–H groups in total. The molecule has 0 aliphatic rings. The molecule has 26 heavy (non-hydrogen) atoms. The van der Waals surface area contributed by atoms with Gasteiger partial charge in [0, 0.05) is 11.6 Å². The molecule has 2 aromatic rings. The van der Waals surface area contributed by atoms with Crippen LogP contribution in [0.25, 0.3) is 0 Å². The number of nitrogens with one attached hydrogen (secondary N) is 2. The quantitative estimate of drug-likeness (QED) is 0.800. The Bertz CT molecular complexity index is 760. The van der Waals surface area contributed by atoms with Gasteiger partial charge >= 0.3 is 0 Å². The van der Waals surface area contributed by atoms with E-state index in [0.29, 0.717) is 22.6 Å². The number of benzene rings is 2. The van der Waals surface area contributed by atoms with Gasteiger partial charge in [0.2, 0.25) is 5.91 Å². The standard InChI is InChI=1S/C20H24N2O4/c1-13(2)21-20(24)18(14-8-6-5-7-9-14)22-19(23)15-10-11-16(25-3)17(12-15)26-4/h5-13,18H,1-4H3,(H,21,24)(H,22,23)/t18-/m0/s1. The Hall–Kier alpha value is -3.02. The molecule has 6 heteroatoms. The highest BCUT2D eigenvalue weighted by molar-refractivity contribution is 5.98. The molecular weight excluding hydrogens is 332 g/mol. The van der Waals surface area contributed by atoms with E-state index in [4.69, 9.17) is 9.47 Å². The first kappa shape index (κ1) is 19.3. The van der Waals surface area contributed by atoms with Gasteiger partial charge in [0.25, 0.3) is 5.91 Å². The minimum Gasteiger partial charge on any atom is -0.493 e. The van der Waals surface area contributed by atoms with Crippen molar-refractivity contribution in [3.05, 3.63) is 59.7 Å². The van der Waals surface area contributed by atoms with Crippen LogP contribution in [0.2, 0.25) is 0 Å². The highest BCUT2D eigenvalue weighted by Gasteiger charge is 2.24. The molecule has 138 valence electrons. The monoisotopic (exact) mass is 356 g/mol. The van der Waals surface area contributed by atoms with E-state index in [-0.39, 0.29) is 17.9 Å². The molecule has 0 unspecified atom stereocenters. The predicted molar refractivity (Wildman–Crippen MR) is 99.5 cm³/mol. The van der Waals surface area contributed by atoms with E-state index in [1.165, 1.54) is 14.2 Å². The van der Waals surface area contributed by atoms with Crippen molar-refractivity contribution in [2.24, 2.45) is 0 Å². The van der Waals surface area contributed by atoms with E-state index < -0.39 is 6.04 Å². The number of ether oxygens (including phenoxy) is 2. The Balaban J connectivity index is 2.27. The third-order valence-electron chi connectivity index (χ3n) is 3.75. The van der Waals surface area contributed by atoms with E-state index in [9.17, 15) is 9.59 Å². The van der Waals surface area contributed by atoms with E-state index in [1.807, 2.05) is 32.0 Å². The zero-order valence-corrected chi connectivity index (χ0v) is 15.4. The van der Waals surface area contributed by atoms with Crippen molar-refractivity contribution in [3.63, 3.8) is 0 Å². The SMILES string of the molecule is COc1ccc(C(=O)N[C@H](C(=O)NC(C)C)c2ccccc2)cc1OC. The lowest BCUT2D eigenvalue weighted by Gasteiger charge is -2.20. The number of carbonyl (C=O) groups is 2. The molecule has 0 saturated heterocycles. The zero-order valence-electron chi connectivity index (χ0n) is 15.4. The number of rotatable bonds is 7. The Kier molecular flexibility index (Phi) is 6.60. The van der Waals surface area contributed by atoms with Crippen molar-refractivity contribution in [3.8, 4) is 11.5 Å². The third-order valence-corrected chi connectivity index (χ3v) is 3.75.